The molecule has 0 amide bonds. The number of rotatable bonds is 6. The predicted octanol–water partition coefficient (Wildman–Crippen LogP) is 3.98. The summed E-state index contributed by atoms with van der Waals surface area (Å²) in [5.74, 6) is 2.97. The summed E-state index contributed by atoms with van der Waals surface area (Å²) >= 11 is 1.94. The fourth-order valence-electron chi connectivity index (χ4n) is 3.12. The van der Waals surface area contributed by atoms with E-state index in [0.29, 0.717) is 6.04 Å². The van der Waals surface area contributed by atoms with E-state index in [2.05, 4.69) is 22.8 Å². The van der Waals surface area contributed by atoms with E-state index in [1.165, 1.54) is 38.5 Å². The van der Waals surface area contributed by atoms with E-state index in [1.807, 2.05) is 11.3 Å². The van der Waals surface area contributed by atoms with Gasteiger partial charge >= 0.3 is 0 Å². The molecule has 0 spiro atoms. The average molecular weight is 247 g/mol. The largest absolute Gasteiger partial charge is 0.306 e. The van der Waals surface area contributed by atoms with Crippen molar-refractivity contribution in [3.8, 4) is 0 Å². The average Bonchev–Trinajstić information content (AvgIpc) is 3.19. The molecule has 1 unspecified atom stereocenters. The summed E-state index contributed by atoms with van der Waals surface area (Å²) in [4.78, 5) is 1.58. The lowest BCUT2D eigenvalue weighted by Crippen LogP contribution is -2.37. The van der Waals surface area contributed by atoms with Crippen LogP contribution in [-0.4, -0.2) is 6.04 Å². The molecule has 2 heteroatoms. The van der Waals surface area contributed by atoms with Crippen molar-refractivity contribution in [1.82, 2.24) is 5.32 Å². The summed E-state index contributed by atoms with van der Waals surface area (Å²) < 4.78 is 0. The Balaban J connectivity index is 1.50. The van der Waals surface area contributed by atoms with Gasteiger partial charge in [-0.2, -0.15) is 0 Å². The molecule has 1 N–H and O–H groups in total. The molecule has 3 fully saturated rings. The van der Waals surface area contributed by atoms with Gasteiger partial charge in [-0.15, -0.1) is 11.3 Å². The third-order valence-electron chi connectivity index (χ3n) is 4.57. The SMILES string of the molecule is c1csc(C(NC(C2CC2)C2CC2)C2CC2)c1. The molecular weight excluding hydrogens is 226 g/mol. The van der Waals surface area contributed by atoms with Gasteiger partial charge in [-0.3, -0.25) is 0 Å². The molecule has 1 atom stereocenters. The Hall–Kier alpha value is -0.340. The zero-order chi connectivity index (χ0) is 11.2. The molecule has 1 aromatic rings. The molecular formula is C15H21NS. The van der Waals surface area contributed by atoms with Crippen molar-refractivity contribution in [2.75, 3.05) is 0 Å². The van der Waals surface area contributed by atoms with Gasteiger partial charge in [0, 0.05) is 17.0 Å². The van der Waals surface area contributed by atoms with Gasteiger partial charge < -0.3 is 5.32 Å². The molecule has 0 saturated heterocycles. The molecule has 0 aromatic carbocycles. The molecule has 0 radical (unpaired) electrons. The topological polar surface area (TPSA) is 12.0 Å². The first kappa shape index (κ1) is 10.6. The number of hydrogen-bond donors (Lipinski definition) is 1. The minimum absolute atomic E-state index is 0.682. The van der Waals surface area contributed by atoms with E-state index < -0.39 is 0 Å². The van der Waals surface area contributed by atoms with Gasteiger partial charge in [0.1, 0.15) is 0 Å². The molecule has 0 bridgehead atoms. The lowest BCUT2D eigenvalue weighted by Gasteiger charge is -2.25. The molecule has 3 saturated carbocycles. The van der Waals surface area contributed by atoms with Crippen LogP contribution in [0.25, 0.3) is 0 Å². The van der Waals surface area contributed by atoms with E-state index >= 15 is 0 Å². The van der Waals surface area contributed by atoms with E-state index in [1.54, 1.807) is 4.88 Å². The van der Waals surface area contributed by atoms with Gasteiger partial charge in [0.05, 0.1) is 0 Å². The van der Waals surface area contributed by atoms with Crippen molar-refractivity contribution < 1.29 is 0 Å². The minimum Gasteiger partial charge on any atom is -0.306 e. The summed E-state index contributed by atoms with van der Waals surface area (Å²) in [5, 5.41) is 6.28. The highest BCUT2D eigenvalue weighted by atomic mass is 32.1. The highest BCUT2D eigenvalue weighted by Gasteiger charge is 2.44. The molecule has 0 aliphatic heterocycles. The van der Waals surface area contributed by atoms with Gasteiger partial charge in [0.15, 0.2) is 0 Å². The van der Waals surface area contributed by atoms with Crippen molar-refractivity contribution in [3.63, 3.8) is 0 Å². The Morgan fingerprint density at radius 2 is 1.65 bits per heavy atom. The smallest absolute Gasteiger partial charge is 0.0445 e. The Morgan fingerprint density at radius 3 is 2.12 bits per heavy atom. The molecule has 1 nitrogen and oxygen atoms in total. The van der Waals surface area contributed by atoms with Crippen LogP contribution in [0.3, 0.4) is 0 Å². The minimum atomic E-state index is 0.682. The standard InChI is InChI=1S/C15H21NS/c1-2-13(17-9-1)15(12-7-8-12)16-14(10-3-4-10)11-5-6-11/h1-2,9-12,14-16H,3-8H2. The van der Waals surface area contributed by atoms with Crippen LogP contribution in [0.4, 0.5) is 0 Å². The third-order valence-corrected chi connectivity index (χ3v) is 5.53. The highest BCUT2D eigenvalue weighted by molar-refractivity contribution is 7.10. The van der Waals surface area contributed by atoms with Gasteiger partial charge in [0.2, 0.25) is 0 Å². The van der Waals surface area contributed by atoms with Crippen LogP contribution in [0.15, 0.2) is 17.5 Å². The fourth-order valence-corrected chi connectivity index (χ4v) is 4.00. The zero-order valence-electron chi connectivity index (χ0n) is 10.3. The predicted molar refractivity (Wildman–Crippen MR) is 72.2 cm³/mol. The normalized spacial score (nSPS) is 26.4. The van der Waals surface area contributed by atoms with Crippen molar-refractivity contribution in [3.05, 3.63) is 22.4 Å². The van der Waals surface area contributed by atoms with Gasteiger partial charge in [0.25, 0.3) is 0 Å². The van der Waals surface area contributed by atoms with Crippen LogP contribution in [0.1, 0.15) is 49.4 Å². The summed E-state index contributed by atoms with van der Waals surface area (Å²) in [6.45, 7) is 0. The number of hydrogen-bond acceptors (Lipinski definition) is 2. The number of nitrogens with one attached hydrogen (secondary N) is 1. The Bertz CT molecular complexity index is 362. The van der Waals surface area contributed by atoms with Crippen LogP contribution in [0.5, 0.6) is 0 Å². The molecule has 1 heterocycles. The fraction of sp³-hybridized carbons (Fsp3) is 0.733. The quantitative estimate of drug-likeness (QED) is 0.802. The Kier molecular flexibility index (Phi) is 2.55. The van der Waals surface area contributed by atoms with Crippen molar-refractivity contribution >= 4 is 11.3 Å². The van der Waals surface area contributed by atoms with Crippen molar-refractivity contribution in [1.29, 1.82) is 0 Å². The molecule has 92 valence electrons. The molecule has 4 rings (SSSR count). The summed E-state index contributed by atoms with van der Waals surface area (Å²) in [6.07, 6.45) is 8.81. The lowest BCUT2D eigenvalue weighted by molar-refractivity contribution is 0.347. The monoisotopic (exact) mass is 247 g/mol. The van der Waals surface area contributed by atoms with E-state index in [-0.39, 0.29) is 0 Å². The second-order valence-corrected chi connectivity index (χ2v) is 7.18. The van der Waals surface area contributed by atoms with Gasteiger partial charge in [-0.1, -0.05) is 6.07 Å². The molecule has 3 aliphatic carbocycles. The van der Waals surface area contributed by atoms with E-state index in [4.69, 9.17) is 0 Å². The van der Waals surface area contributed by atoms with E-state index in [0.717, 1.165) is 23.8 Å². The van der Waals surface area contributed by atoms with E-state index in [9.17, 15) is 0 Å². The van der Waals surface area contributed by atoms with Crippen LogP contribution < -0.4 is 5.32 Å². The maximum Gasteiger partial charge on any atom is 0.0445 e. The van der Waals surface area contributed by atoms with Crippen LogP contribution in [0.2, 0.25) is 0 Å². The maximum atomic E-state index is 4.05. The van der Waals surface area contributed by atoms with Crippen LogP contribution >= 0.6 is 11.3 Å². The number of thiophene rings is 1. The Morgan fingerprint density at radius 1 is 1.00 bits per heavy atom. The maximum absolute atomic E-state index is 4.05. The summed E-state index contributed by atoms with van der Waals surface area (Å²) in [7, 11) is 0. The van der Waals surface area contributed by atoms with Gasteiger partial charge in [-0.25, -0.2) is 0 Å². The van der Waals surface area contributed by atoms with Gasteiger partial charge in [-0.05, 0) is 67.7 Å². The summed E-state index contributed by atoms with van der Waals surface area (Å²) in [5.41, 5.74) is 0. The molecule has 1 aromatic heterocycles. The zero-order valence-corrected chi connectivity index (χ0v) is 11.1. The second kappa shape index (κ2) is 4.10. The molecule has 3 aliphatic rings. The second-order valence-electron chi connectivity index (χ2n) is 6.20. The first-order valence-corrected chi connectivity index (χ1v) is 8.09. The lowest BCUT2D eigenvalue weighted by atomic mass is 10.0. The highest BCUT2D eigenvalue weighted by Crippen LogP contribution is 2.48. The first-order chi connectivity index (χ1) is 8.42. The summed E-state index contributed by atoms with van der Waals surface area (Å²) in [6, 6.07) is 6.07. The van der Waals surface area contributed by atoms with Crippen LogP contribution in [-0.2, 0) is 0 Å². The van der Waals surface area contributed by atoms with Crippen molar-refractivity contribution in [2.45, 2.75) is 50.6 Å². The van der Waals surface area contributed by atoms with Crippen LogP contribution in [0, 0.1) is 17.8 Å². The van der Waals surface area contributed by atoms with Crippen molar-refractivity contribution in [2.24, 2.45) is 17.8 Å². The molecule has 17 heavy (non-hydrogen) atoms. The first-order valence-electron chi connectivity index (χ1n) is 7.21. The Labute approximate surface area is 108 Å². The third kappa shape index (κ3) is 2.30.